The molecule has 130 valence electrons. The molecule has 25 heavy (non-hydrogen) atoms. The van der Waals surface area contributed by atoms with Crippen molar-refractivity contribution in [3.63, 3.8) is 0 Å². The maximum absolute atomic E-state index is 13.8. The minimum atomic E-state index is -0.557. The molecular weight excluding hydrogens is 321 g/mol. The molecule has 7 heteroatoms. The van der Waals surface area contributed by atoms with Gasteiger partial charge in [0.2, 0.25) is 0 Å². The summed E-state index contributed by atoms with van der Waals surface area (Å²) in [6.45, 7) is 5.02. The zero-order valence-electron chi connectivity index (χ0n) is 14.1. The van der Waals surface area contributed by atoms with Crippen molar-refractivity contribution in [1.29, 1.82) is 0 Å². The lowest BCUT2D eigenvalue weighted by Gasteiger charge is -2.34. The summed E-state index contributed by atoms with van der Waals surface area (Å²) in [5.74, 6) is 0.929. The molecule has 2 saturated heterocycles. The first-order valence-electron chi connectivity index (χ1n) is 8.56. The van der Waals surface area contributed by atoms with Gasteiger partial charge in [-0.05, 0) is 43.4 Å². The van der Waals surface area contributed by atoms with Gasteiger partial charge in [0, 0.05) is 32.4 Å². The predicted octanol–water partition coefficient (Wildman–Crippen LogP) is 1.92. The van der Waals surface area contributed by atoms with Crippen LogP contribution in [-0.4, -0.2) is 52.2 Å². The summed E-state index contributed by atoms with van der Waals surface area (Å²) in [5.41, 5.74) is 1.01. The van der Waals surface area contributed by atoms with E-state index in [0.29, 0.717) is 24.9 Å². The molecule has 2 atom stereocenters. The van der Waals surface area contributed by atoms with Gasteiger partial charge in [-0.25, -0.2) is 4.39 Å². The third-order valence-corrected chi connectivity index (χ3v) is 5.20. The number of hydrogen-bond donors (Lipinski definition) is 0. The van der Waals surface area contributed by atoms with Crippen LogP contribution in [0.1, 0.15) is 22.5 Å². The van der Waals surface area contributed by atoms with Crippen molar-refractivity contribution in [2.75, 3.05) is 31.1 Å². The molecule has 1 amide bonds. The van der Waals surface area contributed by atoms with E-state index in [9.17, 15) is 9.18 Å². The van der Waals surface area contributed by atoms with E-state index in [1.807, 2.05) is 19.1 Å². The summed E-state index contributed by atoms with van der Waals surface area (Å²) in [7, 11) is 0. The molecule has 0 radical (unpaired) electrons. The third-order valence-electron chi connectivity index (χ3n) is 5.20. The molecule has 0 aromatic carbocycles. The monoisotopic (exact) mass is 341 g/mol. The second kappa shape index (κ2) is 6.38. The van der Waals surface area contributed by atoms with E-state index in [4.69, 9.17) is 0 Å². The molecule has 0 bridgehead atoms. The highest BCUT2D eigenvalue weighted by Gasteiger charge is 2.39. The van der Waals surface area contributed by atoms with Gasteiger partial charge in [-0.3, -0.25) is 9.78 Å². The van der Waals surface area contributed by atoms with Crippen molar-refractivity contribution >= 4 is 11.7 Å². The number of nitrogens with zero attached hydrogens (tertiary/aromatic N) is 5. The number of halogens is 1. The number of fused-ring (bicyclic) bond motifs is 1. The Labute approximate surface area is 145 Å². The van der Waals surface area contributed by atoms with Gasteiger partial charge in [-0.1, -0.05) is 0 Å². The van der Waals surface area contributed by atoms with Gasteiger partial charge >= 0.3 is 0 Å². The molecular formula is C18H20FN5O. The molecule has 0 spiro atoms. The number of rotatable bonds is 2. The molecule has 2 aliphatic heterocycles. The summed E-state index contributed by atoms with van der Waals surface area (Å²) in [5, 5.41) is 8.40. The Kier molecular flexibility index (Phi) is 4.07. The lowest BCUT2D eigenvalue weighted by molar-refractivity contribution is 0.0779. The molecule has 2 aliphatic rings. The van der Waals surface area contributed by atoms with E-state index < -0.39 is 5.82 Å². The molecule has 4 rings (SSSR count). The van der Waals surface area contributed by atoms with Crippen LogP contribution < -0.4 is 4.90 Å². The van der Waals surface area contributed by atoms with Crippen molar-refractivity contribution in [3.8, 4) is 0 Å². The molecule has 0 N–H and O–H groups in total. The minimum absolute atomic E-state index is 0.106. The second-order valence-corrected chi connectivity index (χ2v) is 6.85. The second-order valence-electron chi connectivity index (χ2n) is 6.85. The van der Waals surface area contributed by atoms with E-state index in [1.165, 1.54) is 12.3 Å². The Hall–Kier alpha value is -2.57. The van der Waals surface area contributed by atoms with Crippen molar-refractivity contribution in [2.24, 2.45) is 11.8 Å². The molecule has 4 heterocycles. The number of likely N-dealkylation sites (tertiary alicyclic amines) is 1. The first-order chi connectivity index (χ1) is 12.1. The summed E-state index contributed by atoms with van der Waals surface area (Å²) in [4.78, 5) is 20.3. The highest BCUT2D eigenvalue weighted by atomic mass is 19.1. The fourth-order valence-electron chi connectivity index (χ4n) is 3.82. The van der Waals surface area contributed by atoms with Crippen LogP contribution in [0, 0.1) is 24.6 Å². The summed E-state index contributed by atoms with van der Waals surface area (Å²) in [6, 6.07) is 5.41. The average molecular weight is 341 g/mol. The highest BCUT2D eigenvalue weighted by Crippen LogP contribution is 2.33. The van der Waals surface area contributed by atoms with Gasteiger partial charge in [-0.2, -0.15) is 5.10 Å². The molecule has 6 nitrogen and oxygen atoms in total. The van der Waals surface area contributed by atoms with Crippen LogP contribution in [-0.2, 0) is 0 Å². The van der Waals surface area contributed by atoms with E-state index in [1.54, 1.807) is 4.90 Å². The van der Waals surface area contributed by atoms with Crippen LogP contribution in [0.15, 0.2) is 30.6 Å². The third kappa shape index (κ3) is 3.06. The number of hydrogen-bond acceptors (Lipinski definition) is 5. The number of pyridine rings is 1. The molecule has 0 aliphatic carbocycles. The normalized spacial score (nSPS) is 22.8. The summed E-state index contributed by atoms with van der Waals surface area (Å²) in [6.07, 6.45) is 3.55. The standard InChI is InChI=1S/C18H20FN5O/c1-12-2-3-17(22-21-12)23-7-5-13-9-24(11-14(13)10-23)18(25)15-4-6-20-8-16(15)19/h2-4,6,8,13-14H,5,7,9-11H2,1H3/t13-,14+/m0/s1. The van der Waals surface area contributed by atoms with Crippen molar-refractivity contribution in [2.45, 2.75) is 13.3 Å². The van der Waals surface area contributed by atoms with Crippen molar-refractivity contribution in [1.82, 2.24) is 20.1 Å². The predicted molar refractivity (Wildman–Crippen MR) is 90.7 cm³/mol. The number of carbonyl (C=O) groups is 1. The number of carbonyl (C=O) groups excluding carboxylic acids is 1. The summed E-state index contributed by atoms with van der Waals surface area (Å²) >= 11 is 0. The number of anilines is 1. The maximum Gasteiger partial charge on any atom is 0.256 e. The van der Waals surface area contributed by atoms with Crippen LogP contribution in [0.3, 0.4) is 0 Å². The van der Waals surface area contributed by atoms with Gasteiger partial charge in [0.1, 0.15) is 0 Å². The van der Waals surface area contributed by atoms with Crippen LogP contribution >= 0.6 is 0 Å². The molecule has 2 aromatic heterocycles. The van der Waals surface area contributed by atoms with E-state index in [2.05, 4.69) is 20.1 Å². The van der Waals surface area contributed by atoms with Crippen LogP contribution in [0.2, 0.25) is 0 Å². The zero-order chi connectivity index (χ0) is 17.4. The van der Waals surface area contributed by atoms with Crippen molar-refractivity contribution < 1.29 is 9.18 Å². The number of piperidine rings is 1. The molecule has 2 fully saturated rings. The fraction of sp³-hybridized carbons (Fsp3) is 0.444. The van der Waals surface area contributed by atoms with Crippen molar-refractivity contribution in [3.05, 3.63) is 47.7 Å². The van der Waals surface area contributed by atoms with E-state index >= 15 is 0 Å². The van der Waals surface area contributed by atoms with E-state index in [-0.39, 0.29) is 11.5 Å². The Morgan fingerprint density at radius 3 is 2.76 bits per heavy atom. The lowest BCUT2D eigenvalue weighted by Crippen LogP contribution is -2.40. The Morgan fingerprint density at radius 2 is 2.00 bits per heavy atom. The van der Waals surface area contributed by atoms with E-state index in [0.717, 1.165) is 37.2 Å². The Balaban J connectivity index is 1.46. The zero-order valence-corrected chi connectivity index (χ0v) is 14.1. The first kappa shape index (κ1) is 15.9. The molecule has 2 aromatic rings. The number of aromatic nitrogens is 3. The van der Waals surface area contributed by atoms with Gasteiger partial charge in [0.25, 0.3) is 5.91 Å². The number of aryl methyl sites for hydroxylation is 1. The highest BCUT2D eigenvalue weighted by molar-refractivity contribution is 5.94. The average Bonchev–Trinajstić information content (AvgIpc) is 3.05. The minimum Gasteiger partial charge on any atom is -0.355 e. The van der Waals surface area contributed by atoms with Gasteiger partial charge < -0.3 is 9.80 Å². The van der Waals surface area contributed by atoms with Crippen LogP contribution in [0.5, 0.6) is 0 Å². The van der Waals surface area contributed by atoms with Crippen LogP contribution in [0.4, 0.5) is 10.2 Å². The molecule has 0 saturated carbocycles. The molecule has 0 unspecified atom stereocenters. The quantitative estimate of drug-likeness (QED) is 0.835. The van der Waals surface area contributed by atoms with Gasteiger partial charge in [0.05, 0.1) is 17.5 Å². The lowest BCUT2D eigenvalue weighted by atomic mass is 9.89. The smallest absolute Gasteiger partial charge is 0.256 e. The topological polar surface area (TPSA) is 62.2 Å². The number of amides is 1. The maximum atomic E-state index is 13.8. The van der Waals surface area contributed by atoms with Crippen LogP contribution in [0.25, 0.3) is 0 Å². The largest absolute Gasteiger partial charge is 0.355 e. The first-order valence-corrected chi connectivity index (χ1v) is 8.56. The summed E-state index contributed by atoms with van der Waals surface area (Å²) < 4.78 is 13.8. The Morgan fingerprint density at radius 1 is 1.16 bits per heavy atom. The Bertz CT molecular complexity index is 781. The SMILES string of the molecule is Cc1ccc(N2CC[C@H]3CN(C(=O)c4ccncc4F)C[C@H]3C2)nn1. The fourth-order valence-corrected chi connectivity index (χ4v) is 3.82. The van der Waals surface area contributed by atoms with Gasteiger partial charge in [0.15, 0.2) is 11.6 Å². The van der Waals surface area contributed by atoms with Gasteiger partial charge in [-0.15, -0.1) is 5.10 Å².